The molecule has 3 rings (SSSR count). The summed E-state index contributed by atoms with van der Waals surface area (Å²) >= 11 is 0. The Kier molecular flexibility index (Phi) is 2.91. The number of fused-ring (bicyclic) bond motifs is 1. The highest BCUT2D eigenvalue weighted by Crippen LogP contribution is 2.42. The molecule has 1 fully saturated rings. The summed E-state index contributed by atoms with van der Waals surface area (Å²) in [6, 6.07) is 6.18. The molecule has 0 bridgehead atoms. The lowest BCUT2D eigenvalue weighted by Gasteiger charge is -2.39. The van der Waals surface area contributed by atoms with Gasteiger partial charge >= 0.3 is 0 Å². The van der Waals surface area contributed by atoms with E-state index in [-0.39, 0.29) is 11.7 Å². The maximum absolute atomic E-state index is 10.7. The molecule has 1 aromatic carbocycles. The number of hydrogen-bond acceptors (Lipinski definition) is 7. The van der Waals surface area contributed by atoms with Crippen molar-refractivity contribution in [3.05, 3.63) is 34.4 Å². The average Bonchev–Trinajstić information content (AvgIpc) is 2.97. The van der Waals surface area contributed by atoms with Gasteiger partial charge in [-0.1, -0.05) is 5.22 Å². The van der Waals surface area contributed by atoms with E-state index in [1.165, 1.54) is 12.1 Å². The summed E-state index contributed by atoms with van der Waals surface area (Å²) in [5.41, 5.74) is 0.769. The molecule has 0 aromatic heterocycles. The van der Waals surface area contributed by atoms with Crippen LogP contribution in [0.25, 0.3) is 0 Å². The van der Waals surface area contributed by atoms with Gasteiger partial charge in [-0.25, -0.2) is 0 Å². The first kappa shape index (κ1) is 12.9. The van der Waals surface area contributed by atoms with Crippen LogP contribution < -0.4 is 5.01 Å². The molecule has 0 spiro atoms. The molecule has 2 aliphatic heterocycles. The third kappa shape index (κ3) is 1.61. The Balaban J connectivity index is 1.97. The van der Waals surface area contributed by atoms with E-state index >= 15 is 0 Å². The number of rotatable bonds is 3. The normalized spacial score (nSPS) is 28.9. The van der Waals surface area contributed by atoms with Crippen molar-refractivity contribution in [1.82, 2.24) is 4.90 Å². The number of nitro benzene ring substituents is 1. The molecule has 2 atom stereocenters. The van der Waals surface area contributed by atoms with E-state index in [0.29, 0.717) is 0 Å². The number of non-ortho nitro benzene ring substituents is 1. The molecule has 0 amide bonds. The largest absolute Gasteiger partial charge is 0.343 e. The number of benzene rings is 1. The topological polar surface area (TPSA) is 83.6 Å². The van der Waals surface area contributed by atoms with Gasteiger partial charge in [-0.3, -0.25) is 15.0 Å². The van der Waals surface area contributed by atoms with Crippen LogP contribution in [0.1, 0.15) is 6.42 Å². The predicted molar refractivity (Wildman–Crippen MR) is 71.2 cm³/mol. The standard InChI is InChI=1S/C12H15N5O3/c1-15-8-7-11-12(15,20-2)16(14-13-11)9-3-5-10(6-4-9)17(18)19/h3-6,11H,7-8H2,1-2H3/t11-,12+/m0/s1/i13+1,16+1. The van der Waals surface area contributed by atoms with Gasteiger partial charge in [-0.15, -0.1) is 0 Å². The monoisotopic (exact) mass is 279 g/mol. The van der Waals surface area contributed by atoms with Gasteiger partial charge in [-0.05, 0) is 25.6 Å². The van der Waals surface area contributed by atoms with Gasteiger partial charge < -0.3 is 4.74 Å². The van der Waals surface area contributed by atoms with Crippen LogP contribution in [-0.2, 0) is 4.74 Å². The summed E-state index contributed by atoms with van der Waals surface area (Å²) in [5, 5.41) is 20.8. The smallest absolute Gasteiger partial charge is 0.269 e. The molecule has 106 valence electrons. The molecule has 0 N–H and O–H groups in total. The number of hydrogen-bond donors (Lipinski definition) is 0. The number of likely N-dealkylation sites (N-methyl/N-ethyl adjacent to an activating group) is 1. The maximum Gasteiger partial charge on any atom is 0.269 e. The fourth-order valence-electron chi connectivity index (χ4n) is 2.86. The van der Waals surface area contributed by atoms with Crippen LogP contribution in [0.2, 0.25) is 0 Å². The average molecular weight is 279 g/mol. The molecule has 0 saturated carbocycles. The van der Waals surface area contributed by atoms with Crippen LogP contribution in [0.3, 0.4) is 0 Å². The fraction of sp³-hybridized carbons (Fsp3) is 0.500. The molecule has 2 heterocycles. The van der Waals surface area contributed by atoms with E-state index in [2.05, 4.69) is 15.2 Å². The summed E-state index contributed by atoms with van der Waals surface area (Å²) in [7, 11) is 3.59. The van der Waals surface area contributed by atoms with Gasteiger partial charge in [-0.2, -0.15) is 10.1 Å². The second-order valence-electron chi connectivity index (χ2n) is 4.88. The Labute approximate surface area is 115 Å². The molecule has 2 aliphatic rings. The maximum atomic E-state index is 10.7. The minimum atomic E-state index is -0.726. The van der Waals surface area contributed by atoms with Crippen molar-refractivity contribution in [2.24, 2.45) is 10.3 Å². The number of likely N-dealkylation sites (tertiary alicyclic amines) is 1. The molecule has 8 heteroatoms. The van der Waals surface area contributed by atoms with Crippen molar-refractivity contribution in [2.75, 3.05) is 25.7 Å². The van der Waals surface area contributed by atoms with E-state index in [1.54, 1.807) is 24.3 Å². The lowest BCUT2D eigenvalue weighted by Crippen LogP contribution is -2.58. The van der Waals surface area contributed by atoms with E-state index in [9.17, 15) is 10.1 Å². The molecular formula is C12H15N5O3. The van der Waals surface area contributed by atoms with Crippen LogP contribution in [0.15, 0.2) is 34.6 Å². The molecule has 20 heavy (non-hydrogen) atoms. The van der Waals surface area contributed by atoms with Crippen LogP contribution in [-0.4, -0.2) is 42.4 Å². The number of methoxy groups -OCH3 is 1. The van der Waals surface area contributed by atoms with Gasteiger partial charge in [0.05, 0.1) is 10.6 Å². The summed E-state index contributed by atoms with van der Waals surface area (Å²) in [6.45, 7) is 0.862. The van der Waals surface area contributed by atoms with Crippen molar-refractivity contribution in [3.63, 3.8) is 0 Å². The second kappa shape index (κ2) is 4.50. The summed E-state index contributed by atoms with van der Waals surface area (Å²) < 4.78 is 5.71. The Morgan fingerprint density at radius 2 is 2.15 bits per heavy atom. The van der Waals surface area contributed by atoms with Crippen LogP contribution >= 0.6 is 0 Å². The lowest BCUT2D eigenvalue weighted by atomic mass is 10.2. The number of ether oxygens (including phenoxy) is 1. The first-order chi connectivity index (χ1) is 9.59. The Bertz CT molecular complexity index is 561. The van der Waals surface area contributed by atoms with E-state index in [0.717, 1.165) is 18.7 Å². The number of nitrogens with zero attached hydrogens (tertiary/aromatic N) is 5. The molecule has 0 radical (unpaired) electrons. The van der Waals surface area contributed by atoms with E-state index in [4.69, 9.17) is 4.74 Å². The van der Waals surface area contributed by atoms with Gasteiger partial charge in [0.1, 0.15) is 6.04 Å². The SMILES string of the molecule is CO[C@]12[C@H](CCN1C)[15N]=N[15N]2c1ccc([N+](=O)[O-])cc1. The highest BCUT2D eigenvalue weighted by atomic mass is 16.6. The molecule has 0 unspecified atom stereocenters. The van der Waals surface area contributed by atoms with Crippen molar-refractivity contribution >= 4 is 11.4 Å². The third-order valence-electron chi connectivity index (χ3n) is 3.91. The summed E-state index contributed by atoms with van der Waals surface area (Å²) in [5.74, 6) is -0.726. The quantitative estimate of drug-likeness (QED) is 0.478. The van der Waals surface area contributed by atoms with Crippen LogP contribution in [0.5, 0.6) is 0 Å². The van der Waals surface area contributed by atoms with Gasteiger partial charge in [0, 0.05) is 25.8 Å². The summed E-state index contributed by atoms with van der Waals surface area (Å²) in [6.07, 6.45) is 0.872. The first-order valence-electron chi connectivity index (χ1n) is 6.31. The molecule has 1 saturated heterocycles. The van der Waals surface area contributed by atoms with Gasteiger partial charge in [0.25, 0.3) is 5.69 Å². The molecule has 0 aliphatic carbocycles. The third-order valence-corrected chi connectivity index (χ3v) is 3.91. The minimum Gasteiger partial charge on any atom is -0.343 e. The fourth-order valence-corrected chi connectivity index (χ4v) is 2.86. The molecule has 1 aromatic rings. The highest BCUT2D eigenvalue weighted by molar-refractivity contribution is 5.52. The highest BCUT2D eigenvalue weighted by Gasteiger charge is 2.57. The second-order valence-corrected chi connectivity index (χ2v) is 4.88. The van der Waals surface area contributed by atoms with Gasteiger partial charge in [0.2, 0.25) is 5.85 Å². The van der Waals surface area contributed by atoms with E-state index < -0.39 is 10.8 Å². The first-order valence-corrected chi connectivity index (χ1v) is 6.31. The zero-order valence-electron chi connectivity index (χ0n) is 11.3. The van der Waals surface area contributed by atoms with Crippen molar-refractivity contribution in [2.45, 2.75) is 18.3 Å². The minimum absolute atomic E-state index is 0.0484. The molecule has 8 nitrogen and oxygen atoms in total. The Morgan fingerprint density at radius 1 is 1.45 bits per heavy atom. The number of anilines is 1. The van der Waals surface area contributed by atoms with Crippen molar-refractivity contribution < 1.29 is 9.66 Å². The Hall–Kier alpha value is -2.06. The van der Waals surface area contributed by atoms with Crippen LogP contribution in [0.4, 0.5) is 11.4 Å². The van der Waals surface area contributed by atoms with E-state index in [1.807, 2.05) is 7.05 Å². The van der Waals surface area contributed by atoms with Crippen molar-refractivity contribution in [1.29, 1.82) is 0 Å². The van der Waals surface area contributed by atoms with Gasteiger partial charge in [0.15, 0.2) is 0 Å². The zero-order chi connectivity index (χ0) is 14.3. The zero-order valence-corrected chi connectivity index (χ0v) is 11.3. The summed E-state index contributed by atoms with van der Waals surface area (Å²) in [4.78, 5) is 12.3. The Morgan fingerprint density at radius 3 is 2.75 bits per heavy atom. The lowest BCUT2D eigenvalue weighted by molar-refractivity contribution is -0.384. The number of nitro groups is 1. The van der Waals surface area contributed by atoms with Crippen molar-refractivity contribution in [3.8, 4) is 0 Å². The molecular weight excluding hydrogens is 264 g/mol. The predicted octanol–water partition coefficient (Wildman–Crippen LogP) is 1.79. The van der Waals surface area contributed by atoms with Crippen LogP contribution in [0, 0.1) is 10.1 Å².